The van der Waals surface area contributed by atoms with E-state index in [1.807, 2.05) is 9.44 Å². The molecule has 4 aromatic rings. The van der Waals surface area contributed by atoms with Crippen LogP contribution in [0.3, 0.4) is 0 Å². The third kappa shape index (κ3) is 8.46. The molecule has 0 aliphatic heterocycles. The van der Waals surface area contributed by atoms with E-state index in [-0.39, 0.29) is 12.2 Å². The standard InChI is InChI=1S/C20H22N2O6S.C20H24N2O5S/c1-2-27-19(23)14-10-17(28-11-14)29(25,26)22-20(24)21-18-15-7-3-5-12(15)9-13-6-4-8-16(13)18;1-20(2,24)14-10-17(27-11-14)28(25,26)22-19(23)21-18-15-7-3-5-12(15)9-13-6-4-8-16(13)18/h9-11H,2-8H2,1H3,(H2,21,22,24);9-11,24H,3-8H2,1-2H3,(H2,21,22,23). The molecular formula is C40H46N4O11S2. The fraction of sp³-hybridized carbons (Fsp3) is 0.425. The van der Waals surface area contributed by atoms with E-state index in [0.717, 1.165) is 123 Å². The van der Waals surface area contributed by atoms with Crippen LogP contribution in [0.2, 0.25) is 0 Å². The van der Waals surface area contributed by atoms with Crippen LogP contribution < -0.4 is 20.1 Å². The van der Waals surface area contributed by atoms with E-state index in [1.165, 1.54) is 48.4 Å². The molecule has 0 radical (unpaired) electrons. The van der Waals surface area contributed by atoms with Crippen LogP contribution in [0.1, 0.15) is 107 Å². The van der Waals surface area contributed by atoms with Gasteiger partial charge in [-0.15, -0.1) is 0 Å². The number of benzene rings is 2. The smallest absolute Gasteiger partial charge is 0.341 e. The predicted octanol–water partition coefficient (Wildman–Crippen LogP) is 5.94. The maximum absolute atomic E-state index is 12.5. The Balaban J connectivity index is 0.000000174. The summed E-state index contributed by atoms with van der Waals surface area (Å²) in [6.07, 6.45) is 13.7. The van der Waals surface area contributed by atoms with Gasteiger partial charge < -0.3 is 29.3 Å². The Kier molecular flexibility index (Phi) is 11.0. The lowest BCUT2D eigenvalue weighted by atomic mass is 9.99. The Morgan fingerprint density at radius 2 is 1.05 bits per heavy atom. The first-order valence-electron chi connectivity index (χ1n) is 19.1. The second-order valence-electron chi connectivity index (χ2n) is 15.2. The number of carbonyl (C=O) groups excluding carboxylic acids is 3. The van der Waals surface area contributed by atoms with Gasteiger partial charge in [-0.2, -0.15) is 16.8 Å². The monoisotopic (exact) mass is 822 g/mol. The number of amides is 4. The Bertz CT molecular complexity index is 2410. The number of aliphatic hydroxyl groups is 1. The zero-order valence-corrected chi connectivity index (χ0v) is 33.6. The van der Waals surface area contributed by atoms with Crippen molar-refractivity contribution in [1.29, 1.82) is 0 Å². The van der Waals surface area contributed by atoms with Crippen LogP contribution in [0.15, 0.2) is 55.8 Å². The lowest BCUT2D eigenvalue weighted by Crippen LogP contribution is -2.34. The number of fused-ring (bicyclic) bond motifs is 4. The molecule has 4 amide bonds. The van der Waals surface area contributed by atoms with Gasteiger partial charge in [0.1, 0.15) is 6.26 Å². The highest BCUT2D eigenvalue weighted by atomic mass is 32.2. The van der Waals surface area contributed by atoms with Crippen molar-refractivity contribution in [3.63, 3.8) is 0 Å². The number of sulfonamides is 2. The van der Waals surface area contributed by atoms with Gasteiger partial charge in [-0.25, -0.2) is 23.8 Å². The topological polar surface area (TPSA) is 223 Å². The van der Waals surface area contributed by atoms with Crippen molar-refractivity contribution in [3.05, 3.63) is 92.4 Å². The molecule has 304 valence electrons. The third-order valence-electron chi connectivity index (χ3n) is 10.8. The molecule has 57 heavy (non-hydrogen) atoms. The number of rotatable bonds is 9. The van der Waals surface area contributed by atoms with E-state index in [2.05, 4.69) is 22.8 Å². The Morgan fingerprint density at radius 3 is 1.44 bits per heavy atom. The number of nitrogens with one attached hydrogen (secondary N) is 4. The van der Waals surface area contributed by atoms with Crippen LogP contribution in [-0.4, -0.2) is 46.6 Å². The molecule has 0 spiro atoms. The van der Waals surface area contributed by atoms with E-state index in [9.17, 15) is 36.3 Å². The first-order valence-corrected chi connectivity index (χ1v) is 22.1. The number of carbonyl (C=O) groups is 3. The van der Waals surface area contributed by atoms with Crippen molar-refractivity contribution in [1.82, 2.24) is 9.44 Å². The first kappa shape index (κ1) is 40.1. The molecule has 17 heteroatoms. The number of anilines is 2. The summed E-state index contributed by atoms with van der Waals surface area (Å²) in [5.74, 6) is -0.697. The van der Waals surface area contributed by atoms with E-state index in [4.69, 9.17) is 13.6 Å². The maximum Gasteiger partial charge on any atom is 0.341 e. The van der Waals surface area contributed by atoms with Crippen LogP contribution >= 0.6 is 0 Å². The molecule has 4 aliphatic rings. The summed E-state index contributed by atoms with van der Waals surface area (Å²) in [6.45, 7) is 4.83. The van der Waals surface area contributed by atoms with Crippen molar-refractivity contribution < 1.29 is 49.9 Å². The molecule has 5 N–H and O–H groups in total. The normalized spacial score (nSPS) is 15.4. The minimum atomic E-state index is -4.27. The molecular weight excluding hydrogens is 777 g/mol. The van der Waals surface area contributed by atoms with Crippen molar-refractivity contribution in [3.8, 4) is 0 Å². The molecule has 2 heterocycles. The third-order valence-corrected chi connectivity index (χ3v) is 13.2. The predicted molar refractivity (Wildman–Crippen MR) is 208 cm³/mol. The summed E-state index contributed by atoms with van der Waals surface area (Å²) in [5, 5.41) is 14.6. The second kappa shape index (κ2) is 15.7. The van der Waals surface area contributed by atoms with Gasteiger partial charge in [0, 0.05) is 29.1 Å². The Labute approximate surface area is 331 Å². The van der Waals surface area contributed by atoms with Gasteiger partial charge in [0.15, 0.2) is 0 Å². The summed E-state index contributed by atoms with van der Waals surface area (Å²) >= 11 is 0. The van der Waals surface area contributed by atoms with E-state index >= 15 is 0 Å². The van der Waals surface area contributed by atoms with Gasteiger partial charge in [0.05, 0.1) is 24.0 Å². The maximum atomic E-state index is 12.5. The minimum absolute atomic E-state index is 0.0358. The van der Waals surface area contributed by atoms with Crippen LogP contribution in [0, 0.1) is 0 Å². The molecule has 0 unspecified atom stereocenters. The molecule has 2 aromatic heterocycles. The molecule has 2 aromatic carbocycles. The van der Waals surface area contributed by atoms with Gasteiger partial charge in [-0.05, 0) is 142 Å². The number of esters is 1. The largest absolute Gasteiger partial charge is 0.462 e. The van der Waals surface area contributed by atoms with E-state index in [0.29, 0.717) is 5.56 Å². The number of hydrogen-bond acceptors (Lipinski definition) is 11. The minimum Gasteiger partial charge on any atom is -0.462 e. The molecule has 0 atom stereocenters. The zero-order chi connectivity index (χ0) is 40.7. The van der Waals surface area contributed by atoms with Gasteiger partial charge in [0.2, 0.25) is 10.2 Å². The first-order chi connectivity index (χ1) is 27.0. The lowest BCUT2D eigenvalue weighted by molar-refractivity contribution is 0.0525. The molecule has 0 fully saturated rings. The second-order valence-corrected chi connectivity index (χ2v) is 18.4. The number of furan rings is 2. The molecule has 8 rings (SSSR count). The van der Waals surface area contributed by atoms with E-state index in [1.54, 1.807) is 6.92 Å². The Hall–Kier alpha value is -5.13. The summed E-state index contributed by atoms with van der Waals surface area (Å²) in [6, 6.07) is 5.05. The molecule has 15 nitrogen and oxygen atoms in total. The molecule has 0 saturated heterocycles. The number of hydrogen-bond donors (Lipinski definition) is 5. The van der Waals surface area contributed by atoms with Gasteiger partial charge in [-0.3, -0.25) is 0 Å². The van der Waals surface area contributed by atoms with Crippen LogP contribution in [0.5, 0.6) is 0 Å². The SMILES string of the molecule is CC(C)(O)c1coc(S(=O)(=O)NC(=O)Nc2c3c(cc4c2CCC4)CCC3)c1.CCOC(=O)c1coc(S(=O)(=O)NC(=O)Nc2c3c(cc4c2CCC4)CCC3)c1. The average Bonchev–Trinajstić information content (AvgIpc) is 3.99. The summed E-state index contributed by atoms with van der Waals surface area (Å²) in [4.78, 5) is 36.7. The van der Waals surface area contributed by atoms with E-state index < -0.39 is 53.9 Å². The fourth-order valence-corrected chi connectivity index (χ4v) is 9.82. The summed E-state index contributed by atoms with van der Waals surface area (Å²) in [5.41, 5.74) is 9.94. The van der Waals surface area contributed by atoms with Crippen LogP contribution in [0.4, 0.5) is 21.0 Å². The van der Waals surface area contributed by atoms with Crippen molar-refractivity contribution in [2.45, 2.75) is 114 Å². The number of urea groups is 2. The van der Waals surface area contributed by atoms with Crippen LogP contribution in [0.25, 0.3) is 0 Å². The van der Waals surface area contributed by atoms with Crippen molar-refractivity contribution in [2.24, 2.45) is 0 Å². The van der Waals surface area contributed by atoms with Crippen molar-refractivity contribution in [2.75, 3.05) is 17.2 Å². The number of ether oxygens (including phenoxy) is 1. The summed E-state index contributed by atoms with van der Waals surface area (Å²) < 4.78 is 68.8. The zero-order valence-electron chi connectivity index (χ0n) is 32.0. The summed E-state index contributed by atoms with van der Waals surface area (Å²) in [7, 11) is -8.46. The average molecular weight is 823 g/mol. The molecule has 4 aliphatic carbocycles. The number of aryl methyl sites for hydroxylation is 4. The van der Waals surface area contributed by atoms with Gasteiger partial charge in [0.25, 0.3) is 20.0 Å². The molecule has 0 bridgehead atoms. The fourth-order valence-electron chi connectivity index (χ4n) is 8.11. The quantitative estimate of drug-likeness (QED) is 0.124. The molecule has 0 saturated carbocycles. The highest BCUT2D eigenvalue weighted by Crippen LogP contribution is 2.40. The Morgan fingerprint density at radius 1 is 0.649 bits per heavy atom. The van der Waals surface area contributed by atoms with Crippen LogP contribution in [-0.2, 0) is 81.8 Å². The highest BCUT2D eigenvalue weighted by Gasteiger charge is 2.30. The highest BCUT2D eigenvalue weighted by molar-refractivity contribution is 7.90. The van der Waals surface area contributed by atoms with Crippen molar-refractivity contribution >= 4 is 49.5 Å². The van der Waals surface area contributed by atoms with Gasteiger partial charge in [-0.1, -0.05) is 12.1 Å². The van der Waals surface area contributed by atoms with Gasteiger partial charge >= 0.3 is 18.0 Å². The lowest BCUT2D eigenvalue weighted by Gasteiger charge is -2.16.